The van der Waals surface area contributed by atoms with E-state index in [2.05, 4.69) is 22.5 Å². The molecule has 0 bridgehead atoms. The molecule has 4 N–H and O–H groups in total. The van der Waals surface area contributed by atoms with Crippen LogP contribution < -0.4 is 16.4 Å². The highest BCUT2D eigenvalue weighted by Crippen LogP contribution is 2.24. The molecular weight excluding hydrogens is 276 g/mol. The van der Waals surface area contributed by atoms with Crippen LogP contribution in [-0.2, 0) is 4.74 Å². The molecule has 20 heavy (non-hydrogen) atoms. The minimum atomic E-state index is -0.168. The zero-order chi connectivity index (χ0) is 14.4. The van der Waals surface area contributed by atoms with Gasteiger partial charge in [-0.15, -0.1) is 0 Å². The Morgan fingerprint density at radius 3 is 3.10 bits per heavy atom. The molecular formula is C13H22N4O2S. The molecule has 0 aromatic carbocycles. The summed E-state index contributed by atoms with van der Waals surface area (Å²) in [5.74, 6) is 0.120. The molecule has 1 aliphatic heterocycles. The molecule has 1 aromatic rings. The number of nitrogen functional groups attached to an aromatic ring is 1. The maximum Gasteiger partial charge on any atom is 0.265 e. The maximum absolute atomic E-state index is 12.1. The van der Waals surface area contributed by atoms with Crippen LogP contribution in [0.3, 0.4) is 0 Å². The number of nitrogens with zero attached hydrogens (tertiary/aromatic N) is 1. The molecule has 1 aliphatic rings. The highest BCUT2D eigenvalue weighted by Gasteiger charge is 2.19. The summed E-state index contributed by atoms with van der Waals surface area (Å²) < 4.78 is 5.58. The summed E-state index contributed by atoms with van der Waals surface area (Å²) in [6.45, 7) is 4.22. The summed E-state index contributed by atoms with van der Waals surface area (Å²) in [5.41, 5.74) is 5.79. The Morgan fingerprint density at radius 2 is 2.40 bits per heavy atom. The molecule has 0 saturated carbocycles. The molecule has 2 heterocycles. The number of anilines is 2. The molecule has 0 spiro atoms. The van der Waals surface area contributed by atoms with Gasteiger partial charge in [-0.05, 0) is 25.7 Å². The Hall–Kier alpha value is -1.34. The van der Waals surface area contributed by atoms with Gasteiger partial charge in [-0.1, -0.05) is 18.3 Å². The fraction of sp³-hybridized carbons (Fsp3) is 0.692. The van der Waals surface area contributed by atoms with Crippen LogP contribution in [0.4, 0.5) is 10.9 Å². The van der Waals surface area contributed by atoms with Gasteiger partial charge in [0.15, 0.2) is 5.13 Å². The van der Waals surface area contributed by atoms with Gasteiger partial charge in [0.1, 0.15) is 10.7 Å². The van der Waals surface area contributed by atoms with Gasteiger partial charge in [0.05, 0.1) is 6.10 Å². The Balaban J connectivity index is 1.86. The highest BCUT2D eigenvalue weighted by molar-refractivity contribution is 7.18. The molecule has 7 heteroatoms. The van der Waals surface area contributed by atoms with Crippen molar-refractivity contribution in [1.82, 2.24) is 10.3 Å². The van der Waals surface area contributed by atoms with E-state index in [1.54, 1.807) is 0 Å². The minimum absolute atomic E-state index is 0.125. The van der Waals surface area contributed by atoms with Crippen LogP contribution in [0.5, 0.6) is 0 Å². The van der Waals surface area contributed by atoms with Gasteiger partial charge >= 0.3 is 0 Å². The van der Waals surface area contributed by atoms with Crippen LogP contribution in [0.25, 0.3) is 0 Å². The average molecular weight is 298 g/mol. The van der Waals surface area contributed by atoms with Crippen LogP contribution in [-0.4, -0.2) is 36.7 Å². The van der Waals surface area contributed by atoms with Gasteiger partial charge in [-0.3, -0.25) is 4.79 Å². The van der Waals surface area contributed by atoms with E-state index in [1.165, 1.54) is 11.3 Å². The molecule has 1 saturated heterocycles. The summed E-state index contributed by atoms with van der Waals surface area (Å²) in [4.78, 5) is 16.7. The summed E-state index contributed by atoms with van der Waals surface area (Å²) in [6, 6.07) is 0. The summed E-state index contributed by atoms with van der Waals surface area (Å²) in [7, 11) is 0. The molecule has 0 radical (unpaired) electrons. The number of hydrogen-bond acceptors (Lipinski definition) is 6. The van der Waals surface area contributed by atoms with Crippen molar-refractivity contribution in [2.24, 2.45) is 0 Å². The number of ether oxygens (including phenoxy) is 1. The fourth-order valence-corrected chi connectivity index (χ4v) is 2.88. The smallest absolute Gasteiger partial charge is 0.265 e. The van der Waals surface area contributed by atoms with E-state index in [0.29, 0.717) is 16.6 Å². The van der Waals surface area contributed by atoms with Gasteiger partial charge in [-0.25, -0.2) is 4.98 Å². The number of amides is 1. The van der Waals surface area contributed by atoms with E-state index >= 15 is 0 Å². The third-order valence-corrected chi connectivity index (χ3v) is 4.18. The minimum Gasteiger partial charge on any atom is -0.382 e. The van der Waals surface area contributed by atoms with E-state index in [9.17, 15) is 4.79 Å². The summed E-state index contributed by atoms with van der Waals surface area (Å²) >= 11 is 1.29. The van der Waals surface area contributed by atoms with Gasteiger partial charge in [-0.2, -0.15) is 0 Å². The molecule has 1 unspecified atom stereocenters. The molecule has 6 nitrogen and oxygen atoms in total. The second kappa shape index (κ2) is 7.44. The van der Waals surface area contributed by atoms with Crippen LogP contribution >= 0.6 is 11.3 Å². The lowest BCUT2D eigenvalue weighted by Gasteiger charge is -2.22. The van der Waals surface area contributed by atoms with Crippen LogP contribution in [0.2, 0.25) is 0 Å². The Morgan fingerprint density at radius 1 is 1.55 bits per heavy atom. The molecule has 2 rings (SSSR count). The molecule has 0 aliphatic carbocycles. The van der Waals surface area contributed by atoms with Crippen molar-refractivity contribution in [1.29, 1.82) is 0 Å². The number of nitrogens with one attached hydrogen (secondary N) is 2. The number of carbonyl (C=O) groups excluding carboxylic acids is 1. The topological polar surface area (TPSA) is 89.3 Å². The number of aromatic nitrogens is 1. The first kappa shape index (κ1) is 15.1. The molecule has 112 valence electrons. The number of carbonyl (C=O) groups is 1. The van der Waals surface area contributed by atoms with Crippen molar-refractivity contribution in [2.75, 3.05) is 30.7 Å². The van der Waals surface area contributed by atoms with Gasteiger partial charge in [0.25, 0.3) is 5.91 Å². The van der Waals surface area contributed by atoms with Crippen molar-refractivity contribution >= 4 is 28.2 Å². The largest absolute Gasteiger partial charge is 0.382 e. The van der Waals surface area contributed by atoms with Crippen molar-refractivity contribution in [3.8, 4) is 0 Å². The first-order chi connectivity index (χ1) is 9.70. The molecule has 1 amide bonds. The van der Waals surface area contributed by atoms with E-state index in [1.807, 2.05) is 0 Å². The molecule has 1 fully saturated rings. The van der Waals surface area contributed by atoms with E-state index in [0.717, 1.165) is 38.8 Å². The van der Waals surface area contributed by atoms with Crippen molar-refractivity contribution in [2.45, 2.75) is 38.7 Å². The first-order valence-corrected chi connectivity index (χ1v) is 7.92. The Labute approximate surface area is 123 Å². The van der Waals surface area contributed by atoms with E-state index < -0.39 is 0 Å². The number of rotatable bonds is 6. The zero-order valence-electron chi connectivity index (χ0n) is 11.8. The van der Waals surface area contributed by atoms with Gasteiger partial charge in [0.2, 0.25) is 0 Å². The normalized spacial score (nSPS) is 18.8. The Bertz CT molecular complexity index is 444. The molecule has 1 aromatic heterocycles. The van der Waals surface area contributed by atoms with Crippen molar-refractivity contribution < 1.29 is 9.53 Å². The fourth-order valence-electron chi connectivity index (χ4n) is 2.06. The standard InChI is InChI=1S/C13H22N4O2S/c1-2-6-15-13-17-11(14)10(20-13)12(18)16-8-9-5-3-4-7-19-9/h9H,2-8,14H2,1H3,(H,15,17)(H,16,18). The second-order valence-electron chi connectivity index (χ2n) is 4.86. The monoisotopic (exact) mass is 298 g/mol. The van der Waals surface area contributed by atoms with E-state index in [-0.39, 0.29) is 17.8 Å². The second-order valence-corrected chi connectivity index (χ2v) is 5.86. The highest BCUT2D eigenvalue weighted by atomic mass is 32.1. The van der Waals surface area contributed by atoms with Crippen molar-refractivity contribution in [3.05, 3.63) is 4.88 Å². The third kappa shape index (κ3) is 4.08. The van der Waals surface area contributed by atoms with Crippen molar-refractivity contribution in [3.63, 3.8) is 0 Å². The lowest BCUT2D eigenvalue weighted by atomic mass is 10.1. The van der Waals surface area contributed by atoms with Crippen LogP contribution in [0, 0.1) is 0 Å². The Kier molecular flexibility index (Phi) is 5.60. The van der Waals surface area contributed by atoms with Crippen LogP contribution in [0.1, 0.15) is 42.3 Å². The zero-order valence-corrected chi connectivity index (χ0v) is 12.6. The third-order valence-electron chi connectivity index (χ3n) is 3.15. The lowest BCUT2D eigenvalue weighted by Crippen LogP contribution is -2.35. The van der Waals surface area contributed by atoms with Gasteiger partial charge in [0, 0.05) is 19.7 Å². The average Bonchev–Trinajstić information content (AvgIpc) is 2.85. The van der Waals surface area contributed by atoms with Crippen LogP contribution in [0.15, 0.2) is 0 Å². The van der Waals surface area contributed by atoms with Gasteiger partial charge < -0.3 is 21.1 Å². The lowest BCUT2D eigenvalue weighted by molar-refractivity contribution is 0.0169. The SMILES string of the molecule is CCCNc1nc(N)c(C(=O)NCC2CCCCO2)s1. The first-order valence-electron chi connectivity index (χ1n) is 7.10. The number of hydrogen-bond donors (Lipinski definition) is 3. The predicted octanol–water partition coefficient (Wildman–Crippen LogP) is 1.85. The summed E-state index contributed by atoms with van der Waals surface area (Å²) in [6.07, 6.45) is 4.40. The predicted molar refractivity (Wildman–Crippen MR) is 81.2 cm³/mol. The summed E-state index contributed by atoms with van der Waals surface area (Å²) in [5, 5.41) is 6.71. The molecule has 1 atom stereocenters. The maximum atomic E-state index is 12.1. The van der Waals surface area contributed by atoms with E-state index in [4.69, 9.17) is 10.5 Å². The number of nitrogens with two attached hydrogens (primary N) is 1. The number of thiazole rings is 1. The quantitative estimate of drug-likeness (QED) is 0.746.